The quantitative estimate of drug-likeness (QED) is 0.692. The Bertz CT molecular complexity index is 130. The van der Waals surface area contributed by atoms with Crippen molar-refractivity contribution in [3.63, 3.8) is 0 Å². The van der Waals surface area contributed by atoms with Crippen molar-refractivity contribution in [1.29, 1.82) is 0 Å². The lowest BCUT2D eigenvalue weighted by molar-refractivity contribution is -0.110. The van der Waals surface area contributed by atoms with Gasteiger partial charge in [-0.05, 0) is 19.3 Å². The average molecular weight is 199 g/mol. The van der Waals surface area contributed by atoms with E-state index in [0.717, 1.165) is 12.3 Å². The SMILES string of the molecule is CC.CC(CC1CCCCC1)NC=O. The van der Waals surface area contributed by atoms with Gasteiger partial charge in [-0.15, -0.1) is 0 Å². The number of nitrogens with one attached hydrogen (secondary N) is 1. The number of carbonyl (C=O) groups is 1. The van der Waals surface area contributed by atoms with Gasteiger partial charge in [0.25, 0.3) is 0 Å². The fourth-order valence-corrected chi connectivity index (χ4v) is 2.11. The van der Waals surface area contributed by atoms with E-state index in [1.54, 1.807) is 0 Å². The maximum Gasteiger partial charge on any atom is 0.207 e. The van der Waals surface area contributed by atoms with Crippen LogP contribution in [0, 0.1) is 5.92 Å². The van der Waals surface area contributed by atoms with Crippen molar-refractivity contribution in [2.45, 2.75) is 65.3 Å². The van der Waals surface area contributed by atoms with E-state index < -0.39 is 0 Å². The smallest absolute Gasteiger partial charge is 0.207 e. The molecule has 0 heterocycles. The van der Waals surface area contributed by atoms with Crippen LogP contribution in [-0.4, -0.2) is 12.5 Å². The summed E-state index contributed by atoms with van der Waals surface area (Å²) in [7, 11) is 0. The van der Waals surface area contributed by atoms with Crippen LogP contribution in [0.4, 0.5) is 0 Å². The van der Waals surface area contributed by atoms with Crippen LogP contribution in [-0.2, 0) is 4.79 Å². The number of rotatable bonds is 4. The minimum Gasteiger partial charge on any atom is -0.356 e. The molecule has 1 fully saturated rings. The van der Waals surface area contributed by atoms with Crippen LogP contribution >= 0.6 is 0 Å². The van der Waals surface area contributed by atoms with Crippen molar-refractivity contribution in [1.82, 2.24) is 5.32 Å². The molecule has 1 atom stereocenters. The van der Waals surface area contributed by atoms with Gasteiger partial charge in [0.1, 0.15) is 0 Å². The van der Waals surface area contributed by atoms with E-state index in [4.69, 9.17) is 0 Å². The first-order valence-electron chi connectivity index (χ1n) is 6.02. The maximum atomic E-state index is 10.1. The molecule has 1 N–H and O–H groups in total. The molecular weight excluding hydrogens is 174 g/mol. The number of carbonyl (C=O) groups excluding carboxylic acids is 1. The highest BCUT2D eigenvalue weighted by Gasteiger charge is 2.15. The Hall–Kier alpha value is -0.530. The van der Waals surface area contributed by atoms with Gasteiger partial charge in [0, 0.05) is 6.04 Å². The van der Waals surface area contributed by atoms with Gasteiger partial charge in [-0.2, -0.15) is 0 Å². The van der Waals surface area contributed by atoms with E-state index >= 15 is 0 Å². The zero-order chi connectivity index (χ0) is 10.8. The third-order valence-corrected chi connectivity index (χ3v) is 2.76. The summed E-state index contributed by atoms with van der Waals surface area (Å²) in [6.07, 6.45) is 8.89. The first-order chi connectivity index (χ1) is 6.83. The molecule has 0 aliphatic heterocycles. The molecule has 14 heavy (non-hydrogen) atoms. The van der Waals surface area contributed by atoms with E-state index in [1.165, 1.54) is 38.5 Å². The van der Waals surface area contributed by atoms with Crippen molar-refractivity contribution in [3.05, 3.63) is 0 Å². The van der Waals surface area contributed by atoms with Crippen molar-refractivity contribution >= 4 is 6.41 Å². The van der Waals surface area contributed by atoms with Gasteiger partial charge < -0.3 is 5.32 Å². The summed E-state index contributed by atoms with van der Waals surface area (Å²) < 4.78 is 0. The number of hydrogen-bond acceptors (Lipinski definition) is 1. The Morgan fingerprint density at radius 2 is 1.86 bits per heavy atom. The lowest BCUT2D eigenvalue weighted by Gasteiger charge is -2.24. The standard InChI is InChI=1S/C10H19NO.C2H6/c1-9(11-8-12)7-10-5-3-2-4-6-10;1-2/h8-10H,2-7H2,1H3,(H,11,12);1-2H3. The molecule has 0 radical (unpaired) electrons. The molecule has 0 aromatic carbocycles. The lowest BCUT2D eigenvalue weighted by Crippen LogP contribution is -2.27. The fourth-order valence-electron chi connectivity index (χ4n) is 2.11. The Balaban J connectivity index is 0.000000791. The number of amides is 1. The van der Waals surface area contributed by atoms with Gasteiger partial charge in [-0.25, -0.2) is 0 Å². The molecule has 1 unspecified atom stereocenters. The van der Waals surface area contributed by atoms with Crippen molar-refractivity contribution < 1.29 is 4.79 Å². The molecule has 2 nitrogen and oxygen atoms in total. The largest absolute Gasteiger partial charge is 0.356 e. The van der Waals surface area contributed by atoms with Crippen molar-refractivity contribution in [3.8, 4) is 0 Å². The predicted octanol–water partition coefficient (Wildman–Crippen LogP) is 3.12. The zero-order valence-electron chi connectivity index (χ0n) is 9.88. The van der Waals surface area contributed by atoms with E-state index in [9.17, 15) is 4.79 Å². The van der Waals surface area contributed by atoms with E-state index in [2.05, 4.69) is 12.2 Å². The Morgan fingerprint density at radius 3 is 2.36 bits per heavy atom. The maximum absolute atomic E-state index is 10.1. The van der Waals surface area contributed by atoms with Crippen LogP contribution in [0.5, 0.6) is 0 Å². The molecule has 0 bridgehead atoms. The Labute approximate surface area is 88.5 Å². The second-order valence-corrected chi connectivity index (χ2v) is 3.93. The second-order valence-electron chi connectivity index (χ2n) is 3.93. The highest BCUT2D eigenvalue weighted by Crippen LogP contribution is 2.26. The van der Waals surface area contributed by atoms with E-state index in [0.29, 0.717) is 6.04 Å². The number of hydrogen-bond donors (Lipinski definition) is 1. The average Bonchev–Trinajstić information content (AvgIpc) is 2.22. The normalized spacial score (nSPS) is 19.1. The summed E-state index contributed by atoms with van der Waals surface area (Å²) in [6, 6.07) is 0.366. The molecule has 0 saturated heterocycles. The molecule has 1 rings (SSSR count). The second kappa shape index (κ2) is 9.04. The molecule has 1 saturated carbocycles. The first kappa shape index (κ1) is 13.5. The van der Waals surface area contributed by atoms with E-state index in [1.807, 2.05) is 13.8 Å². The van der Waals surface area contributed by atoms with Crippen LogP contribution in [0.3, 0.4) is 0 Å². The summed E-state index contributed by atoms with van der Waals surface area (Å²) in [6.45, 7) is 6.09. The lowest BCUT2D eigenvalue weighted by atomic mass is 9.85. The fraction of sp³-hybridized carbons (Fsp3) is 0.917. The van der Waals surface area contributed by atoms with Crippen molar-refractivity contribution in [2.75, 3.05) is 0 Å². The van der Waals surface area contributed by atoms with Gasteiger partial charge in [0.05, 0.1) is 0 Å². The monoisotopic (exact) mass is 199 g/mol. The van der Waals surface area contributed by atoms with Gasteiger partial charge in [0.2, 0.25) is 6.41 Å². The van der Waals surface area contributed by atoms with Gasteiger partial charge in [-0.1, -0.05) is 46.0 Å². The molecule has 2 heteroatoms. The third kappa shape index (κ3) is 6.01. The van der Waals surface area contributed by atoms with Crippen LogP contribution < -0.4 is 5.32 Å². The Morgan fingerprint density at radius 1 is 1.29 bits per heavy atom. The van der Waals surface area contributed by atoms with Gasteiger partial charge in [0.15, 0.2) is 0 Å². The minimum atomic E-state index is 0.366. The predicted molar refractivity (Wildman–Crippen MR) is 61.2 cm³/mol. The molecule has 0 aromatic heterocycles. The molecule has 1 amide bonds. The zero-order valence-corrected chi connectivity index (χ0v) is 9.88. The summed E-state index contributed by atoms with van der Waals surface area (Å²) in [5, 5.41) is 2.81. The molecule has 1 aliphatic carbocycles. The minimum absolute atomic E-state index is 0.366. The highest BCUT2D eigenvalue weighted by atomic mass is 16.1. The molecular formula is C12H25NO. The molecule has 0 aromatic rings. The van der Waals surface area contributed by atoms with Gasteiger partial charge >= 0.3 is 0 Å². The highest BCUT2D eigenvalue weighted by molar-refractivity contribution is 5.46. The topological polar surface area (TPSA) is 29.1 Å². The Kier molecular flexibility index (Phi) is 8.70. The van der Waals surface area contributed by atoms with Crippen LogP contribution in [0.2, 0.25) is 0 Å². The van der Waals surface area contributed by atoms with Crippen LogP contribution in [0.1, 0.15) is 59.3 Å². The van der Waals surface area contributed by atoms with Gasteiger partial charge in [-0.3, -0.25) is 4.79 Å². The molecule has 1 aliphatic rings. The molecule has 0 spiro atoms. The van der Waals surface area contributed by atoms with E-state index in [-0.39, 0.29) is 0 Å². The summed E-state index contributed by atoms with van der Waals surface area (Å²) in [4.78, 5) is 10.1. The van der Waals surface area contributed by atoms with Crippen LogP contribution in [0.15, 0.2) is 0 Å². The van der Waals surface area contributed by atoms with Crippen molar-refractivity contribution in [2.24, 2.45) is 5.92 Å². The van der Waals surface area contributed by atoms with Crippen LogP contribution in [0.25, 0.3) is 0 Å². The molecule has 84 valence electrons. The third-order valence-electron chi connectivity index (χ3n) is 2.76. The summed E-state index contributed by atoms with van der Waals surface area (Å²) in [5.41, 5.74) is 0. The summed E-state index contributed by atoms with van der Waals surface area (Å²) in [5.74, 6) is 0.862. The first-order valence-corrected chi connectivity index (χ1v) is 6.02. The summed E-state index contributed by atoms with van der Waals surface area (Å²) >= 11 is 0.